The maximum Gasteiger partial charge on any atom is 0.309 e. The molecule has 0 aromatic heterocycles. The number of carbonyl (C=O) groups is 2. The van der Waals surface area contributed by atoms with E-state index in [1.54, 1.807) is 0 Å². The molecule has 0 spiro atoms. The van der Waals surface area contributed by atoms with E-state index in [0.29, 0.717) is 6.54 Å². The summed E-state index contributed by atoms with van der Waals surface area (Å²) in [6.45, 7) is 1.64. The third-order valence-electron chi connectivity index (χ3n) is 2.42. The quantitative estimate of drug-likeness (QED) is 0.615. The lowest BCUT2D eigenvalue weighted by Gasteiger charge is -2.30. The first-order valence-electron chi connectivity index (χ1n) is 4.72. The Morgan fingerprint density at radius 2 is 2.29 bits per heavy atom. The number of amides is 1. The molecule has 0 bridgehead atoms. The maximum atomic E-state index is 11.2. The minimum Gasteiger partial charge on any atom is -0.469 e. The molecule has 0 radical (unpaired) electrons. The molecule has 0 aromatic rings. The molecule has 0 aliphatic carbocycles. The molecular weight excluding hydrogens is 184 g/mol. The lowest BCUT2D eigenvalue weighted by Crippen LogP contribution is -2.43. The number of methoxy groups -OCH3 is 1. The van der Waals surface area contributed by atoms with Crippen molar-refractivity contribution in [1.29, 1.82) is 0 Å². The highest BCUT2D eigenvalue weighted by molar-refractivity contribution is 5.76. The summed E-state index contributed by atoms with van der Waals surface area (Å²) in [5.41, 5.74) is 5.08. The molecule has 5 nitrogen and oxygen atoms in total. The number of esters is 1. The number of primary amides is 1. The van der Waals surface area contributed by atoms with E-state index in [4.69, 9.17) is 5.73 Å². The van der Waals surface area contributed by atoms with E-state index < -0.39 is 0 Å². The van der Waals surface area contributed by atoms with Gasteiger partial charge in [0.15, 0.2) is 0 Å². The van der Waals surface area contributed by atoms with Crippen molar-refractivity contribution in [3.63, 3.8) is 0 Å². The van der Waals surface area contributed by atoms with Gasteiger partial charge >= 0.3 is 5.97 Å². The van der Waals surface area contributed by atoms with E-state index in [1.807, 2.05) is 4.90 Å². The Morgan fingerprint density at radius 1 is 1.57 bits per heavy atom. The number of rotatable bonds is 3. The van der Waals surface area contributed by atoms with Crippen molar-refractivity contribution in [3.05, 3.63) is 0 Å². The number of hydrogen-bond donors (Lipinski definition) is 1. The zero-order valence-electron chi connectivity index (χ0n) is 8.36. The molecule has 0 aromatic carbocycles. The summed E-state index contributed by atoms with van der Waals surface area (Å²) in [5.74, 6) is -0.650. The molecule has 1 amide bonds. The van der Waals surface area contributed by atoms with Crippen LogP contribution in [0.5, 0.6) is 0 Å². The Labute approximate surface area is 83.2 Å². The smallest absolute Gasteiger partial charge is 0.309 e. The third-order valence-corrected chi connectivity index (χ3v) is 2.42. The monoisotopic (exact) mass is 200 g/mol. The van der Waals surface area contributed by atoms with Crippen LogP contribution >= 0.6 is 0 Å². The number of ether oxygens (including phenoxy) is 1. The number of likely N-dealkylation sites (tertiary alicyclic amines) is 1. The van der Waals surface area contributed by atoms with Crippen molar-refractivity contribution < 1.29 is 14.3 Å². The molecule has 1 atom stereocenters. The predicted octanol–water partition coefficient (Wildman–Crippen LogP) is -0.643. The van der Waals surface area contributed by atoms with Crippen LogP contribution in [0.3, 0.4) is 0 Å². The van der Waals surface area contributed by atoms with Gasteiger partial charge in [-0.05, 0) is 19.4 Å². The summed E-state index contributed by atoms with van der Waals surface area (Å²) in [6, 6.07) is 0. The molecule has 1 unspecified atom stereocenters. The normalized spacial score (nSPS) is 23.1. The molecule has 1 heterocycles. The first kappa shape index (κ1) is 11.0. The molecule has 1 aliphatic heterocycles. The molecular formula is C9H16N2O3. The summed E-state index contributed by atoms with van der Waals surface area (Å²) < 4.78 is 4.66. The average molecular weight is 200 g/mol. The molecule has 0 saturated carbocycles. The Morgan fingerprint density at radius 3 is 2.86 bits per heavy atom. The van der Waals surface area contributed by atoms with Gasteiger partial charge in [0.05, 0.1) is 19.6 Å². The fourth-order valence-electron chi connectivity index (χ4n) is 1.78. The summed E-state index contributed by atoms with van der Waals surface area (Å²) in [7, 11) is 1.38. The van der Waals surface area contributed by atoms with Gasteiger partial charge in [0.2, 0.25) is 5.91 Å². The van der Waals surface area contributed by atoms with Crippen molar-refractivity contribution >= 4 is 11.9 Å². The molecule has 5 heteroatoms. The van der Waals surface area contributed by atoms with Gasteiger partial charge in [0, 0.05) is 6.54 Å². The van der Waals surface area contributed by atoms with Crippen molar-refractivity contribution in [1.82, 2.24) is 4.90 Å². The van der Waals surface area contributed by atoms with Crippen molar-refractivity contribution in [2.75, 3.05) is 26.7 Å². The van der Waals surface area contributed by atoms with E-state index >= 15 is 0 Å². The second-order valence-electron chi connectivity index (χ2n) is 3.56. The van der Waals surface area contributed by atoms with E-state index in [2.05, 4.69) is 4.74 Å². The number of carbonyl (C=O) groups excluding carboxylic acids is 2. The minimum absolute atomic E-state index is 0.104. The number of nitrogens with zero attached hydrogens (tertiary/aromatic N) is 1. The summed E-state index contributed by atoms with van der Waals surface area (Å²) in [4.78, 5) is 23.8. The van der Waals surface area contributed by atoms with Crippen molar-refractivity contribution in [3.8, 4) is 0 Å². The number of nitrogens with two attached hydrogens (primary N) is 1. The van der Waals surface area contributed by atoms with Crippen LogP contribution < -0.4 is 5.73 Å². The Hall–Kier alpha value is -1.10. The highest BCUT2D eigenvalue weighted by Crippen LogP contribution is 2.16. The van der Waals surface area contributed by atoms with Crippen LogP contribution in [0.25, 0.3) is 0 Å². The molecule has 1 rings (SSSR count). The SMILES string of the molecule is COC(=O)C1CCCN(CC(N)=O)C1. The van der Waals surface area contributed by atoms with Gasteiger partial charge in [-0.1, -0.05) is 0 Å². The molecule has 1 fully saturated rings. The van der Waals surface area contributed by atoms with Gasteiger partial charge in [-0.25, -0.2) is 0 Å². The van der Waals surface area contributed by atoms with Crippen LogP contribution in [-0.2, 0) is 14.3 Å². The summed E-state index contributed by atoms with van der Waals surface area (Å²) in [5, 5.41) is 0. The van der Waals surface area contributed by atoms with Crippen molar-refractivity contribution in [2.45, 2.75) is 12.8 Å². The summed E-state index contributed by atoms with van der Waals surface area (Å²) in [6.07, 6.45) is 1.75. The van der Waals surface area contributed by atoms with Crippen LogP contribution in [0.15, 0.2) is 0 Å². The van der Waals surface area contributed by atoms with Gasteiger partial charge in [0.1, 0.15) is 0 Å². The number of hydrogen-bond acceptors (Lipinski definition) is 4. The lowest BCUT2D eigenvalue weighted by atomic mass is 9.98. The first-order valence-corrected chi connectivity index (χ1v) is 4.72. The largest absolute Gasteiger partial charge is 0.469 e. The van der Waals surface area contributed by atoms with Gasteiger partial charge in [-0.2, -0.15) is 0 Å². The van der Waals surface area contributed by atoms with E-state index in [9.17, 15) is 9.59 Å². The molecule has 14 heavy (non-hydrogen) atoms. The van der Waals surface area contributed by atoms with Gasteiger partial charge in [-0.3, -0.25) is 14.5 Å². The Kier molecular flexibility index (Phi) is 3.88. The van der Waals surface area contributed by atoms with Crippen LogP contribution in [-0.4, -0.2) is 43.5 Å². The van der Waals surface area contributed by atoms with E-state index in [1.165, 1.54) is 7.11 Å². The molecule has 80 valence electrons. The highest BCUT2D eigenvalue weighted by Gasteiger charge is 2.26. The minimum atomic E-state index is -0.351. The fourth-order valence-corrected chi connectivity index (χ4v) is 1.78. The highest BCUT2D eigenvalue weighted by atomic mass is 16.5. The second kappa shape index (κ2) is 4.95. The lowest BCUT2D eigenvalue weighted by molar-refractivity contribution is -0.147. The molecule has 2 N–H and O–H groups in total. The van der Waals surface area contributed by atoms with Crippen LogP contribution in [0.1, 0.15) is 12.8 Å². The van der Waals surface area contributed by atoms with E-state index in [-0.39, 0.29) is 24.3 Å². The average Bonchev–Trinajstić information content (AvgIpc) is 2.16. The third kappa shape index (κ3) is 2.99. The van der Waals surface area contributed by atoms with Gasteiger partial charge in [-0.15, -0.1) is 0 Å². The predicted molar refractivity (Wildman–Crippen MR) is 50.4 cm³/mol. The van der Waals surface area contributed by atoms with Gasteiger partial charge < -0.3 is 10.5 Å². The second-order valence-corrected chi connectivity index (χ2v) is 3.56. The zero-order valence-corrected chi connectivity index (χ0v) is 8.36. The van der Waals surface area contributed by atoms with Crippen LogP contribution in [0.2, 0.25) is 0 Å². The fraction of sp³-hybridized carbons (Fsp3) is 0.778. The first-order chi connectivity index (χ1) is 6.63. The van der Waals surface area contributed by atoms with Crippen molar-refractivity contribution in [2.24, 2.45) is 11.7 Å². The van der Waals surface area contributed by atoms with Crippen LogP contribution in [0.4, 0.5) is 0 Å². The number of piperidine rings is 1. The summed E-state index contributed by atoms with van der Waals surface area (Å²) >= 11 is 0. The van der Waals surface area contributed by atoms with Crippen LogP contribution in [0, 0.1) is 5.92 Å². The Balaban J connectivity index is 2.43. The molecule has 1 aliphatic rings. The molecule has 1 saturated heterocycles. The van der Waals surface area contributed by atoms with Gasteiger partial charge in [0.25, 0.3) is 0 Å². The topological polar surface area (TPSA) is 72.6 Å². The maximum absolute atomic E-state index is 11.2. The zero-order chi connectivity index (χ0) is 10.6. The van der Waals surface area contributed by atoms with E-state index in [0.717, 1.165) is 19.4 Å². The standard InChI is InChI=1S/C9H16N2O3/c1-14-9(13)7-3-2-4-11(5-7)6-8(10)12/h7H,2-6H2,1H3,(H2,10,12). The Bertz CT molecular complexity index is 230.